The van der Waals surface area contributed by atoms with Crippen molar-refractivity contribution in [2.45, 2.75) is 112 Å². The van der Waals surface area contributed by atoms with E-state index in [4.69, 9.17) is 4.74 Å². The number of carbonyl (C=O) groups is 5. The molecular weight excluding hydrogens is 794 g/mol. The van der Waals surface area contributed by atoms with Gasteiger partial charge in [-0.05, 0) is 81.9 Å². The number of likely N-dealkylation sites (tertiary alicyclic amines) is 1. The first-order valence-corrected chi connectivity index (χ1v) is 22.6. The molecule has 0 bridgehead atoms. The summed E-state index contributed by atoms with van der Waals surface area (Å²) in [7, 11) is -2.37. The molecule has 2 aromatic carbocycles. The van der Waals surface area contributed by atoms with Crippen molar-refractivity contribution in [2.75, 3.05) is 38.5 Å². The predicted octanol–water partition coefficient (Wildman–Crippen LogP) is 3.80. The Morgan fingerprint density at radius 3 is 2.50 bits per heavy atom. The number of amides is 5. The topological polar surface area (TPSA) is 187 Å². The zero-order valence-electron chi connectivity index (χ0n) is 34.1. The van der Waals surface area contributed by atoms with Gasteiger partial charge in [-0.25, -0.2) is 22.3 Å². The number of sulfonamides is 1. The lowest BCUT2D eigenvalue weighted by Gasteiger charge is -2.31. The second-order valence-electron chi connectivity index (χ2n) is 17.0. The number of rotatable bonds is 5. The summed E-state index contributed by atoms with van der Waals surface area (Å²) in [4.78, 5) is 75.0. The fourth-order valence-electron chi connectivity index (χ4n) is 9.02. The van der Waals surface area contributed by atoms with Crippen molar-refractivity contribution in [2.24, 2.45) is 11.8 Å². The van der Waals surface area contributed by atoms with E-state index in [1.807, 2.05) is 7.05 Å². The van der Waals surface area contributed by atoms with Crippen LogP contribution in [0.5, 0.6) is 0 Å². The number of halogens is 1. The molecule has 0 aromatic heterocycles. The zero-order valence-corrected chi connectivity index (χ0v) is 34.9. The van der Waals surface area contributed by atoms with E-state index in [1.165, 1.54) is 28.0 Å². The van der Waals surface area contributed by atoms with Crippen LogP contribution in [0.3, 0.4) is 0 Å². The molecule has 2 saturated heterocycles. The number of piperidine rings is 1. The minimum absolute atomic E-state index is 0.00444. The minimum atomic E-state index is -4.41. The van der Waals surface area contributed by atoms with Gasteiger partial charge in [-0.15, -0.1) is 6.58 Å². The van der Waals surface area contributed by atoms with E-state index in [0.717, 1.165) is 51.6 Å². The molecule has 4 heterocycles. The highest BCUT2D eigenvalue weighted by Gasteiger charge is 2.61. The Kier molecular flexibility index (Phi) is 13.1. The van der Waals surface area contributed by atoms with Gasteiger partial charge >= 0.3 is 6.09 Å². The number of nitrogens with zero attached hydrogens (tertiary/aromatic N) is 3. The molecule has 5 amide bonds. The normalized spacial score (nSPS) is 28.0. The average molecular weight is 850 g/mol. The third kappa shape index (κ3) is 9.62. The van der Waals surface area contributed by atoms with Gasteiger partial charge in [0.15, 0.2) is 0 Å². The van der Waals surface area contributed by atoms with Crippen LogP contribution in [0.2, 0.25) is 0 Å². The fourth-order valence-corrected chi connectivity index (χ4v) is 10.2. The maximum Gasteiger partial charge on any atom is 0.410 e. The number of benzene rings is 2. The van der Waals surface area contributed by atoms with Gasteiger partial charge in [0.25, 0.3) is 15.9 Å². The van der Waals surface area contributed by atoms with Crippen LogP contribution in [-0.4, -0.2) is 110 Å². The maximum atomic E-state index is 14.7. The summed E-state index contributed by atoms with van der Waals surface area (Å²) < 4.78 is 50.1. The van der Waals surface area contributed by atoms with Crippen LogP contribution in [0.1, 0.15) is 81.8 Å². The van der Waals surface area contributed by atoms with E-state index in [9.17, 15) is 36.8 Å². The van der Waals surface area contributed by atoms with Crippen molar-refractivity contribution in [1.82, 2.24) is 30.1 Å². The Morgan fingerprint density at radius 1 is 1.00 bits per heavy atom. The summed E-state index contributed by atoms with van der Waals surface area (Å²) in [6, 6.07) is 8.69. The van der Waals surface area contributed by atoms with Crippen molar-refractivity contribution in [3.05, 3.63) is 72.1 Å². The van der Waals surface area contributed by atoms with Crippen LogP contribution < -0.4 is 20.7 Å². The van der Waals surface area contributed by atoms with Gasteiger partial charge in [-0.1, -0.05) is 56.0 Å². The average Bonchev–Trinajstić information content (AvgIpc) is 3.51. The Morgan fingerprint density at radius 2 is 1.75 bits per heavy atom. The van der Waals surface area contributed by atoms with E-state index < -0.39 is 69.3 Å². The minimum Gasteiger partial charge on any atom is -0.444 e. The molecule has 0 radical (unpaired) electrons. The lowest BCUT2D eigenvalue weighted by Crippen LogP contribution is -2.58. The SMILES string of the molecule is C=C[C@@H]1C[C@@]12NC(=O)[C@@H]1C[C@@H](OC(=O)N3Cc4cccc(F)c4C3)CN1C(=O)[C@@H](NC(=O)CC1CCN(C)CC1)CCCCCCCNc1ccccc1S(=O)(=O)NC2=O. The Balaban J connectivity index is 1.15. The second kappa shape index (κ2) is 18.3. The van der Waals surface area contributed by atoms with Crippen molar-refractivity contribution >= 4 is 45.4 Å². The molecule has 15 nitrogen and oxygen atoms in total. The standard InChI is InChI=1S/C43H56FN7O8S/c1-3-30-24-43(30)41(55)48-60(57,58)37-16-9-8-14-34(37)45-19-10-6-4-5-7-15-35(46-38(52)22-28-17-20-49(2)21-18-28)40(54)51-26-31(23-36(51)39(53)47-43)59-42(56)50-25-29-12-11-13-33(44)32(29)27-50/h3,8-9,11-14,16,28,30-31,35-36,45H,1,4-7,10,15,17-27H2,2H3,(H,46,52)(H,47,53)(H,48,55)/t30-,31-,35+,36+,43-/m1/s1. The zero-order chi connectivity index (χ0) is 42.6. The number of ether oxygens (including phenoxy) is 1. The Labute approximate surface area is 350 Å². The van der Waals surface area contributed by atoms with Crippen LogP contribution in [0.15, 0.2) is 60.0 Å². The summed E-state index contributed by atoms with van der Waals surface area (Å²) in [6.07, 6.45) is 5.75. The first-order valence-electron chi connectivity index (χ1n) is 21.1. The first kappa shape index (κ1) is 43.1. The highest BCUT2D eigenvalue weighted by Crippen LogP contribution is 2.45. The molecule has 17 heteroatoms. The molecule has 324 valence electrons. The lowest BCUT2D eigenvalue weighted by atomic mass is 9.93. The van der Waals surface area contributed by atoms with Gasteiger partial charge in [0.1, 0.15) is 34.4 Å². The molecule has 4 aliphatic heterocycles. The van der Waals surface area contributed by atoms with Gasteiger partial charge in [0.2, 0.25) is 17.7 Å². The van der Waals surface area contributed by atoms with E-state index in [0.29, 0.717) is 36.2 Å². The molecule has 1 saturated carbocycles. The molecule has 7 rings (SSSR count). The Hall–Kier alpha value is -5.03. The van der Waals surface area contributed by atoms with Crippen LogP contribution >= 0.6 is 0 Å². The third-order valence-corrected chi connectivity index (χ3v) is 14.1. The molecule has 0 unspecified atom stereocenters. The molecule has 2 aromatic rings. The van der Waals surface area contributed by atoms with E-state index in [2.05, 4.69) is 32.2 Å². The molecule has 1 spiro atoms. The van der Waals surface area contributed by atoms with E-state index in [-0.39, 0.29) is 55.6 Å². The van der Waals surface area contributed by atoms with Crippen molar-refractivity contribution in [3.8, 4) is 0 Å². The van der Waals surface area contributed by atoms with Crippen LogP contribution in [0, 0.1) is 17.7 Å². The summed E-state index contributed by atoms with van der Waals surface area (Å²) in [5, 5.41) is 8.96. The van der Waals surface area contributed by atoms with Gasteiger partial charge in [0.05, 0.1) is 18.8 Å². The lowest BCUT2D eigenvalue weighted by molar-refractivity contribution is -0.142. The Bertz CT molecular complexity index is 2100. The summed E-state index contributed by atoms with van der Waals surface area (Å²) in [5.74, 6) is -3.36. The number of fused-ring (bicyclic) bond motifs is 3. The van der Waals surface area contributed by atoms with Gasteiger partial charge in [0, 0.05) is 37.4 Å². The number of para-hydroxylation sites is 1. The van der Waals surface area contributed by atoms with E-state index >= 15 is 0 Å². The quantitative estimate of drug-likeness (QED) is 0.323. The van der Waals surface area contributed by atoms with E-state index in [1.54, 1.807) is 30.3 Å². The van der Waals surface area contributed by atoms with Crippen molar-refractivity contribution in [1.29, 1.82) is 0 Å². The molecule has 1 aliphatic carbocycles. The number of hydrogen-bond donors (Lipinski definition) is 4. The second-order valence-corrected chi connectivity index (χ2v) is 18.6. The first-order chi connectivity index (χ1) is 28.8. The molecule has 3 fully saturated rings. The van der Waals surface area contributed by atoms with Crippen molar-refractivity contribution in [3.63, 3.8) is 0 Å². The molecule has 5 atom stereocenters. The summed E-state index contributed by atoms with van der Waals surface area (Å²) >= 11 is 0. The summed E-state index contributed by atoms with van der Waals surface area (Å²) in [6.45, 7) is 5.98. The van der Waals surface area contributed by atoms with Gasteiger partial charge < -0.3 is 30.5 Å². The third-order valence-electron chi connectivity index (χ3n) is 12.7. The number of hydrogen-bond acceptors (Lipinski definition) is 10. The highest BCUT2D eigenvalue weighted by atomic mass is 32.2. The monoisotopic (exact) mass is 849 g/mol. The van der Waals surface area contributed by atoms with Crippen LogP contribution in [-0.2, 0) is 47.0 Å². The molecule has 4 N–H and O–H groups in total. The summed E-state index contributed by atoms with van der Waals surface area (Å²) in [5.41, 5.74) is -0.309. The number of nitrogens with one attached hydrogen (secondary N) is 4. The highest BCUT2D eigenvalue weighted by molar-refractivity contribution is 7.90. The van der Waals surface area contributed by atoms with Crippen molar-refractivity contribution < 1.29 is 41.5 Å². The maximum absolute atomic E-state index is 14.7. The molecule has 60 heavy (non-hydrogen) atoms. The molecule has 5 aliphatic rings. The largest absolute Gasteiger partial charge is 0.444 e. The van der Waals surface area contributed by atoms with Crippen LogP contribution in [0.25, 0.3) is 0 Å². The predicted molar refractivity (Wildman–Crippen MR) is 220 cm³/mol. The number of carbonyl (C=O) groups excluding carboxylic acids is 5. The van der Waals surface area contributed by atoms with Gasteiger partial charge in [-0.2, -0.15) is 0 Å². The fraction of sp³-hybridized carbons (Fsp3) is 0.558. The van der Waals surface area contributed by atoms with Gasteiger partial charge in [-0.3, -0.25) is 24.1 Å². The van der Waals surface area contributed by atoms with Crippen LogP contribution in [0.4, 0.5) is 14.9 Å². The number of anilines is 1. The smallest absolute Gasteiger partial charge is 0.410 e. The molecular formula is C43H56FN7O8S.